The summed E-state index contributed by atoms with van der Waals surface area (Å²) >= 11 is 0. The summed E-state index contributed by atoms with van der Waals surface area (Å²) in [5.74, 6) is 0.0411. The van der Waals surface area contributed by atoms with Gasteiger partial charge in [-0.1, -0.05) is 19.9 Å². The van der Waals surface area contributed by atoms with Crippen LogP contribution in [0.15, 0.2) is 18.2 Å². The van der Waals surface area contributed by atoms with Crippen molar-refractivity contribution in [2.75, 3.05) is 45.1 Å². The summed E-state index contributed by atoms with van der Waals surface area (Å²) in [7, 11) is 0. The third kappa shape index (κ3) is 3.95. The molecule has 1 aromatic carbocycles. The second kappa shape index (κ2) is 7.43. The van der Waals surface area contributed by atoms with E-state index >= 15 is 0 Å². The van der Waals surface area contributed by atoms with Gasteiger partial charge in [-0.05, 0) is 30.8 Å². The SMILES string of the molecule is CCN(CC)Cc1ccc(C(=O)N2CCOCC2)cc1N. The molecule has 0 radical (unpaired) electrons. The molecule has 0 unspecified atom stereocenters. The van der Waals surface area contributed by atoms with E-state index in [0.29, 0.717) is 37.6 Å². The zero-order chi connectivity index (χ0) is 15.2. The number of hydrogen-bond donors (Lipinski definition) is 1. The molecular formula is C16H25N3O2. The summed E-state index contributed by atoms with van der Waals surface area (Å²) in [6.07, 6.45) is 0. The average molecular weight is 291 g/mol. The smallest absolute Gasteiger partial charge is 0.254 e. The Morgan fingerprint density at radius 2 is 1.95 bits per heavy atom. The molecule has 0 atom stereocenters. The maximum atomic E-state index is 12.4. The van der Waals surface area contributed by atoms with Gasteiger partial charge >= 0.3 is 0 Å². The van der Waals surface area contributed by atoms with Gasteiger partial charge in [0, 0.05) is 30.9 Å². The van der Waals surface area contributed by atoms with Crippen molar-refractivity contribution in [3.8, 4) is 0 Å². The average Bonchev–Trinajstić information content (AvgIpc) is 2.54. The van der Waals surface area contributed by atoms with Crippen LogP contribution in [0.1, 0.15) is 29.8 Å². The first-order chi connectivity index (χ1) is 10.2. The Hall–Kier alpha value is -1.59. The minimum Gasteiger partial charge on any atom is -0.398 e. The number of nitrogens with two attached hydrogens (primary N) is 1. The highest BCUT2D eigenvalue weighted by atomic mass is 16.5. The highest BCUT2D eigenvalue weighted by Gasteiger charge is 2.19. The van der Waals surface area contributed by atoms with Crippen molar-refractivity contribution in [1.29, 1.82) is 0 Å². The number of ether oxygens (including phenoxy) is 1. The lowest BCUT2D eigenvalue weighted by Gasteiger charge is -2.27. The predicted octanol–water partition coefficient (Wildman–Crippen LogP) is 1.58. The fourth-order valence-electron chi connectivity index (χ4n) is 2.51. The molecule has 0 saturated carbocycles. The van der Waals surface area contributed by atoms with Gasteiger partial charge in [-0.15, -0.1) is 0 Å². The van der Waals surface area contributed by atoms with Crippen LogP contribution in [0, 0.1) is 0 Å². The Labute approximate surface area is 126 Å². The molecule has 0 bridgehead atoms. The van der Waals surface area contributed by atoms with Gasteiger partial charge in [0.1, 0.15) is 0 Å². The van der Waals surface area contributed by atoms with Gasteiger partial charge < -0.3 is 15.4 Å². The zero-order valence-corrected chi connectivity index (χ0v) is 13.0. The largest absolute Gasteiger partial charge is 0.398 e. The molecule has 1 aliphatic rings. The molecule has 5 heteroatoms. The summed E-state index contributed by atoms with van der Waals surface area (Å²) in [4.78, 5) is 16.5. The second-order valence-electron chi connectivity index (χ2n) is 5.28. The standard InChI is InChI=1S/C16H25N3O2/c1-3-18(4-2)12-14-6-5-13(11-15(14)17)16(20)19-7-9-21-10-8-19/h5-6,11H,3-4,7-10,12,17H2,1-2H3. The van der Waals surface area contributed by atoms with E-state index in [4.69, 9.17) is 10.5 Å². The number of nitrogens with zero attached hydrogens (tertiary/aromatic N) is 2. The summed E-state index contributed by atoms with van der Waals surface area (Å²) in [6.45, 7) is 9.61. The fraction of sp³-hybridized carbons (Fsp3) is 0.562. The van der Waals surface area contributed by atoms with Crippen molar-refractivity contribution in [3.63, 3.8) is 0 Å². The van der Waals surface area contributed by atoms with Gasteiger partial charge in [0.2, 0.25) is 0 Å². The van der Waals surface area contributed by atoms with Gasteiger partial charge in [0.25, 0.3) is 5.91 Å². The van der Waals surface area contributed by atoms with Crippen LogP contribution in [0.25, 0.3) is 0 Å². The third-order valence-electron chi connectivity index (χ3n) is 3.98. The third-order valence-corrected chi connectivity index (χ3v) is 3.98. The van der Waals surface area contributed by atoms with Gasteiger partial charge in [-0.3, -0.25) is 9.69 Å². The zero-order valence-electron chi connectivity index (χ0n) is 13.0. The Morgan fingerprint density at radius 3 is 2.52 bits per heavy atom. The molecule has 0 aliphatic carbocycles. The lowest BCUT2D eigenvalue weighted by atomic mass is 10.1. The molecule has 2 N–H and O–H groups in total. The molecule has 116 valence electrons. The van der Waals surface area contributed by atoms with E-state index < -0.39 is 0 Å². The van der Waals surface area contributed by atoms with Crippen LogP contribution in [0.4, 0.5) is 5.69 Å². The Bertz CT molecular complexity index is 480. The minimum atomic E-state index is 0.0411. The Morgan fingerprint density at radius 1 is 1.29 bits per heavy atom. The molecule has 21 heavy (non-hydrogen) atoms. The Kier molecular flexibility index (Phi) is 5.59. The molecule has 2 rings (SSSR count). The normalized spacial score (nSPS) is 15.5. The van der Waals surface area contributed by atoms with Crippen LogP contribution in [0.5, 0.6) is 0 Å². The molecule has 1 aromatic rings. The number of benzene rings is 1. The second-order valence-corrected chi connectivity index (χ2v) is 5.28. The van der Waals surface area contributed by atoms with Crippen LogP contribution < -0.4 is 5.73 Å². The van der Waals surface area contributed by atoms with E-state index in [1.165, 1.54) is 0 Å². The van der Waals surface area contributed by atoms with Crippen molar-refractivity contribution in [1.82, 2.24) is 9.80 Å². The number of hydrogen-bond acceptors (Lipinski definition) is 4. The topological polar surface area (TPSA) is 58.8 Å². The monoisotopic (exact) mass is 291 g/mol. The van der Waals surface area contributed by atoms with Crippen LogP contribution in [-0.2, 0) is 11.3 Å². The van der Waals surface area contributed by atoms with Crippen LogP contribution in [0.3, 0.4) is 0 Å². The van der Waals surface area contributed by atoms with Crippen LogP contribution in [-0.4, -0.2) is 55.1 Å². The first-order valence-electron chi connectivity index (χ1n) is 7.63. The van der Waals surface area contributed by atoms with E-state index in [-0.39, 0.29) is 5.91 Å². The van der Waals surface area contributed by atoms with Gasteiger partial charge in [0.15, 0.2) is 0 Å². The van der Waals surface area contributed by atoms with E-state index in [1.54, 1.807) is 6.07 Å². The summed E-state index contributed by atoms with van der Waals surface area (Å²) in [5, 5.41) is 0. The van der Waals surface area contributed by atoms with Gasteiger partial charge in [-0.2, -0.15) is 0 Å². The highest BCUT2D eigenvalue weighted by Crippen LogP contribution is 2.18. The molecule has 5 nitrogen and oxygen atoms in total. The minimum absolute atomic E-state index is 0.0411. The molecular weight excluding hydrogens is 266 g/mol. The van der Waals surface area contributed by atoms with E-state index in [9.17, 15) is 4.79 Å². The van der Waals surface area contributed by atoms with E-state index in [0.717, 1.165) is 25.2 Å². The molecule has 1 amide bonds. The van der Waals surface area contributed by atoms with Gasteiger partial charge in [-0.25, -0.2) is 0 Å². The maximum absolute atomic E-state index is 12.4. The van der Waals surface area contributed by atoms with Gasteiger partial charge in [0.05, 0.1) is 13.2 Å². The van der Waals surface area contributed by atoms with E-state index in [2.05, 4.69) is 18.7 Å². The summed E-state index contributed by atoms with van der Waals surface area (Å²) < 4.78 is 5.27. The number of rotatable bonds is 5. The number of morpholine rings is 1. The molecule has 1 saturated heterocycles. The molecule has 1 aliphatic heterocycles. The molecule has 0 aromatic heterocycles. The quantitative estimate of drug-likeness (QED) is 0.837. The predicted molar refractivity (Wildman–Crippen MR) is 84.2 cm³/mol. The van der Waals surface area contributed by atoms with Crippen molar-refractivity contribution in [2.45, 2.75) is 20.4 Å². The summed E-state index contributed by atoms with van der Waals surface area (Å²) in [5.41, 5.74) is 8.56. The number of carbonyl (C=O) groups excluding carboxylic acids is 1. The first-order valence-corrected chi connectivity index (χ1v) is 7.63. The van der Waals surface area contributed by atoms with Crippen molar-refractivity contribution in [3.05, 3.63) is 29.3 Å². The lowest BCUT2D eigenvalue weighted by molar-refractivity contribution is 0.0303. The van der Waals surface area contributed by atoms with Crippen molar-refractivity contribution >= 4 is 11.6 Å². The van der Waals surface area contributed by atoms with E-state index in [1.807, 2.05) is 17.0 Å². The summed E-state index contributed by atoms with van der Waals surface area (Å²) in [6, 6.07) is 5.66. The van der Waals surface area contributed by atoms with Crippen LogP contribution >= 0.6 is 0 Å². The van der Waals surface area contributed by atoms with Crippen molar-refractivity contribution < 1.29 is 9.53 Å². The molecule has 0 spiro atoms. The number of anilines is 1. The molecule has 1 fully saturated rings. The first kappa shape index (κ1) is 15.8. The molecule has 1 heterocycles. The maximum Gasteiger partial charge on any atom is 0.254 e. The lowest BCUT2D eigenvalue weighted by Crippen LogP contribution is -2.40. The van der Waals surface area contributed by atoms with Crippen molar-refractivity contribution in [2.24, 2.45) is 0 Å². The van der Waals surface area contributed by atoms with Crippen LogP contribution in [0.2, 0.25) is 0 Å². The highest BCUT2D eigenvalue weighted by molar-refractivity contribution is 5.95. The Balaban J connectivity index is 2.09. The number of nitrogen functional groups attached to an aromatic ring is 1. The number of carbonyl (C=O) groups is 1. The fourth-order valence-corrected chi connectivity index (χ4v) is 2.51. The number of amides is 1.